The van der Waals surface area contributed by atoms with Crippen molar-refractivity contribution in [2.24, 2.45) is 0 Å². The first kappa shape index (κ1) is 15.7. The van der Waals surface area contributed by atoms with Crippen LogP contribution in [0, 0.1) is 11.8 Å². The van der Waals surface area contributed by atoms with Gasteiger partial charge in [-0.1, -0.05) is 48.2 Å². The van der Waals surface area contributed by atoms with Gasteiger partial charge in [0, 0.05) is 28.4 Å². The molecule has 26 heavy (non-hydrogen) atoms. The molecule has 0 bridgehead atoms. The van der Waals surface area contributed by atoms with Crippen molar-refractivity contribution in [2.45, 2.75) is 0 Å². The van der Waals surface area contributed by atoms with E-state index < -0.39 is 5.97 Å². The average Bonchev–Trinajstić information content (AvgIpc) is 3.14. The molecule has 0 saturated heterocycles. The zero-order valence-electron chi connectivity index (χ0n) is 13.9. The van der Waals surface area contributed by atoms with Crippen LogP contribution < -0.4 is 0 Å². The first-order valence-electron chi connectivity index (χ1n) is 8.23. The summed E-state index contributed by atoms with van der Waals surface area (Å²) in [6, 6.07) is 22.7. The zero-order chi connectivity index (χ0) is 17.9. The summed E-state index contributed by atoms with van der Waals surface area (Å²) in [7, 11) is 0. The van der Waals surface area contributed by atoms with Crippen LogP contribution in [0.5, 0.6) is 0 Å². The topological polar surface area (TPSA) is 53.1 Å². The predicted octanol–water partition coefficient (Wildman–Crippen LogP) is 4.93. The predicted molar refractivity (Wildman–Crippen MR) is 103 cm³/mol. The minimum absolute atomic E-state index is 0.246. The SMILES string of the molecule is O=C(O)c1cccc(C#Cc2ccccc2)c1-c1ccc2cc[nH]c2c1. The Bertz CT molecular complexity index is 1160. The van der Waals surface area contributed by atoms with E-state index in [9.17, 15) is 9.90 Å². The van der Waals surface area contributed by atoms with Gasteiger partial charge < -0.3 is 10.1 Å². The highest BCUT2D eigenvalue weighted by molar-refractivity contribution is 5.99. The van der Waals surface area contributed by atoms with Crippen molar-refractivity contribution >= 4 is 16.9 Å². The molecule has 3 heteroatoms. The Kier molecular flexibility index (Phi) is 4.01. The summed E-state index contributed by atoms with van der Waals surface area (Å²) in [5.41, 5.74) is 4.26. The molecule has 0 aliphatic rings. The van der Waals surface area contributed by atoms with Crippen LogP contribution in [0.4, 0.5) is 0 Å². The second-order valence-corrected chi connectivity index (χ2v) is 5.93. The molecule has 0 radical (unpaired) electrons. The van der Waals surface area contributed by atoms with E-state index >= 15 is 0 Å². The molecule has 0 aliphatic carbocycles. The van der Waals surface area contributed by atoms with Crippen LogP contribution in [0.15, 0.2) is 79.0 Å². The summed E-state index contributed by atoms with van der Waals surface area (Å²) >= 11 is 0. The van der Waals surface area contributed by atoms with Gasteiger partial charge in [-0.25, -0.2) is 4.79 Å². The maximum atomic E-state index is 11.8. The van der Waals surface area contributed by atoms with E-state index in [2.05, 4.69) is 16.8 Å². The number of hydrogen-bond donors (Lipinski definition) is 2. The maximum absolute atomic E-state index is 11.8. The lowest BCUT2D eigenvalue weighted by Crippen LogP contribution is -2.01. The number of H-pyrrole nitrogens is 1. The smallest absolute Gasteiger partial charge is 0.336 e. The molecule has 0 atom stereocenters. The van der Waals surface area contributed by atoms with E-state index in [1.807, 2.05) is 66.9 Å². The number of carboxylic acids is 1. The molecule has 3 nitrogen and oxygen atoms in total. The summed E-state index contributed by atoms with van der Waals surface area (Å²) < 4.78 is 0. The number of nitrogens with one attached hydrogen (secondary N) is 1. The minimum atomic E-state index is -0.963. The highest BCUT2D eigenvalue weighted by atomic mass is 16.4. The van der Waals surface area contributed by atoms with Gasteiger partial charge in [0.15, 0.2) is 0 Å². The first-order chi connectivity index (χ1) is 12.7. The van der Waals surface area contributed by atoms with Gasteiger partial charge in [0.05, 0.1) is 5.56 Å². The fourth-order valence-corrected chi connectivity index (χ4v) is 3.01. The first-order valence-corrected chi connectivity index (χ1v) is 8.23. The van der Waals surface area contributed by atoms with Crippen molar-refractivity contribution < 1.29 is 9.90 Å². The molecular formula is C23H15NO2. The number of aromatic nitrogens is 1. The average molecular weight is 337 g/mol. The van der Waals surface area contributed by atoms with Crippen molar-refractivity contribution in [3.8, 4) is 23.0 Å². The lowest BCUT2D eigenvalue weighted by Gasteiger charge is -2.09. The van der Waals surface area contributed by atoms with E-state index in [1.165, 1.54) is 0 Å². The van der Waals surface area contributed by atoms with Gasteiger partial charge in [-0.2, -0.15) is 0 Å². The number of carboxylic acid groups (broad SMARTS) is 1. The lowest BCUT2D eigenvalue weighted by atomic mass is 9.93. The molecule has 0 fully saturated rings. The molecule has 0 aliphatic heterocycles. The lowest BCUT2D eigenvalue weighted by molar-refractivity contribution is 0.0697. The number of benzene rings is 3. The van der Waals surface area contributed by atoms with Gasteiger partial charge in [-0.15, -0.1) is 0 Å². The van der Waals surface area contributed by atoms with E-state index in [1.54, 1.807) is 12.1 Å². The van der Waals surface area contributed by atoms with Crippen LogP contribution in [0.2, 0.25) is 0 Å². The molecule has 2 N–H and O–H groups in total. The Balaban J connectivity index is 1.91. The Morgan fingerprint density at radius 1 is 0.885 bits per heavy atom. The Morgan fingerprint density at radius 2 is 1.73 bits per heavy atom. The van der Waals surface area contributed by atoms with Gasteiger partial charge in [0.1, 0.15) is 0 Å². The van der Waals surface area contributed by atoms with Crippen molar-refractivity contribution in [1.82, 2.24) is 4.98 Å². The molecule has 3 aromatic carbocycles. The number of carbonyl (C=O) groups is 1. The summed E-state index contributed by atoms with van der Waals surface area (Å²) in [6.07, 6.45) is 1.87. The summed E-state index contributed by atoms with van der Waals surface area (Å²) in [5, 5.41) is 10.7. The largest absolute Gasteiger partial charge is 0.478 e. The molecule has 1 aromatic heterocycles. The third-order valence-corrected chi connectivity index (χ3v) is 4.25. The quantitative estimate of drug-likeness (QED) is 0.509. The molecule has 0 unspecified atom stereocenters. The van der Waals surface area contributed by atoms with Gasteiger partial charge in [-0.3, -0.25) is 0 Å². The third kappa shape index (κ3) is 2.97. The summed E-state index contributed by atoms with van der Waals surface area (Å²) in [6.45, 7) is 0. The van der Waals surface area contributed by atoms with Crippen molar-refractivity contribution in [1.29, 1.82) is 0 Å². The van der Waals surface area contributed by atoms with Crippen molar-refractivity contribution in [3.63, 3.8) is 0 Å². The Morgan fingerprint density at radius 3 is 2.54 bits per heavy atom. The van der Waals surface area contributed by atoms with Crippen LogP contribution in [0.3, 0.4) is 0 Å². The minimum Gasteiger partial charge on any atom is -0.478 e. The second-order valence-electron chi connectivity index (χ2n) is 5.93. The molecule has 0 saturated carbocycles. The summed E-state index contributed by atoms with van der Waals surface area (Å²) in [5.74, 6) is 5.30. The third-order valence-electron chi connectivity index (χ3n) is 4.25. The molecular weight excluding hydrogens is 322 g/mol. The number of fused-ring (bicyclic) bond motifs is 1. The van der Waals surface area contributed by atoms with E-state index in [0.29, 0.717) is 11.1 Å². The molecule has 4 rings (SSSR count). The zero-order valence-corrected chi connectivity index (χ0v) is 13.9. The van der Waals surface area contributed by atoms with Gasteiger partial charge >= 0.3 is 5.97 Å². The maximum Gasteiger partial charge on any atom is 0.336 e. The number of aromatic amines is 1. The van der Waals surface area contributed by atoms with Crippen LogP contribution in [-0.4, -0.2) is 16.1 Å². The summed E-state index contributed by atoms with van der Waals surface area (Å²) in [4.78, 5) is 15.0. The van der Waals surface area contributed by atoms with Gasteiger partial charge in [0.25, 0.3) is 0 Å². The standard InChI is InChI=1S/C23H15NO2/c25-23(26)20-8-4-7-18(10-9-16-5-2-1-3-6-16)22(20)19-12-11-17-13-14-24-21(17)15-19/h1-8,11-15,24H,(H,25,26). The second kappa shape index (κ2) is 6.62. The van der Waals surface area contributed by atoms with Crippen LogP contribution >= 0.6 is 0 Å². The highest BCUT2D eigenvalue weighted by Crippen LogP contribution is 2.30. The fourth-order valence-electron chi connectivity index (χ4n) is 3.01. The van der Waals surface area contributed by atoms with Crippen molar-refractivity contribution in [3.05, 3.63) is 95.7 Å². The molecule has 0 spiro atoms. The molecule has 0 amide bonds. The molecule has 1 heterocycles. The highest BCUT2D eigenvalue weighted by Gasteiger charge is 2.15. The van der Waals surface area contributed by atoms with Crippen molar-refractivity contribution in [2.75, 3.05) is 0 Å². The van der Waals surface area contributed by atoms with E-state index in [-0.39, 0.29) is 5.56 Å². The van der Waals surface area contributed by atoms with Crippen LogP contribution in [0.1, 0.15) is 21.5 Å². The number of hydrogen-bond acceptors (Lipinski definition) is 1. The fraction of sp³-hybridized carbons (Fsp3) is 0. The Labute approximate surface area is 150 Å². The number of rotatable bonds is 2. The number of aromatic carboxylic acids is 1. The monoisotopic (exact) mass is 337 g/mol. The Hall–Kier alpha value is -3.77. The van der Waals surface area contributed by atoms with Gasteiger partial charge in [-0.05, 0) is 47.3 Å². The molecule has 4 aromatic rings. The van der Waals surface area contributed by atoms with Crippen LogP contribution in [0.25, 0.3) is 22.0 Å². The van der Waals surface area contributed by atoms with E-state index in [4.69, 9.17) is 0 Å². The normalized spacial score (nSPS) is 10.3. The van der Waals surface area contributed by atoms with Crippen LogP contribution in [-0.2, 0) is 0 Å². The van der Waals surface area contributed by atoms with E-state index in [0.717, 1.165) is 22.0 Å². The van der Waals surface area contributed by atoms with Gasteiger partial charge in [0.2, 0.25) is 0 Å². The molecule has 124 valence electrons.